The Labute approximate surface area is 253 Å². The molecule has 0 aliphatic carbocycles. The maximum absolute atomic E-state index is 6.97. The van der Waals surface area contributed by atoms with Crippen molar-refractivity contribution in [2.75, 3.05) is 23.7 Å². The maximum atomic E-state index is 6.97. The summed E-state index contributed by atoms with van der Waals surface area (Å²) in [5.41, 5.74) is 24.2. The normalized spacial score (nSPS) is 16.2. The Bertz CT molecular complexity index is 1620. The molecule has 0 saturated heterocycles. The Morgan fingerprint density at radius 2 is 1.02 bits per heavy atom. The van der Waals surface area contributed by atoms with E-state index in [2.05, 4.69) is 34.9 Å². The summed E-state index contributed by atoms with van der Waals surface area (Å²) in [6.07, 6.45) is 4.32. The Morgan fingerprint density at radius 3 is 1.47 bits per heavy atom. The van der Waals surface area contributed by atoms with Crippen LogP contribution in [0.3, 0.4) is 0 Å². The molecule has 0 spiro atoms. The largest absolute Gasteiger partial charge is 0.385 e. The van der Waals surface area contributed by atoms with Crippen molar-refractivity contribution in [3.63, 3.8) is 0 Å². The number of rotatable bonds is 0. The first-order chi connectivity index (χ1) is 20.8. The van der Waals surface area contributed by atoms with Crippen molar-refractivity contribution >= 4 is 22.4 Å². The van der Waals surface area contributed by atoms with E-state index in [-0.39, 0.29) is 0 Å². The highest BCUT2D eigenvalue weighted by molar-refractivity contribution is 5.73. The summed E-state index contributed by atoms with van der Waals surface area (Å²) in [5, 5.41) is 7.09. The van der Waals surface area contributed by atoms with Crippen LogP contribution < -0.4 is 22.1 Å². The SMILES string of the molecule is Cc1nccnc(C)c2c(C)nc3ccccc3nc(C)c1C(N)c1cccc(c1)NCCCNc1cccc(c1)C2N. The average Bonchev–Trinajstić information content (AvgIpc) is 3.00. The maximum Gasteiger partial charge on any atom is 0.0889 e. The molecule has 0 saturated carbocycles. The van der Waals surface area contributed by atoms with Crippen molar-refractivity contribution in [3.8, 4) is 0 Å². The smallest absolute Gasteiger partial charge is 0.0889 e. The number of aryl methyl sites for hydroxylation is 4. The highest BCUT2D eigenvalue weighted by Crippen LogP contribution is 2.27. The molecule has 2 aliphatic heterocycles. The molecule has 2 unspecified atom stereocenters. The summed E-state index contributed by atoms with van der Waals surface area (Å²) < 4.78 is 0. The number of hydrogen-bond acceptors (Lipinski definition) is 8. The zero-order valence-corrected chi connectivity index (χ0v) is 25.3. The van der Waals surface area contributed by atoms with Crippen LogP contribution >= 0.6 is 0 Å². The van der Waals surface area contributed by atoms with Gasteiger partial charge in [0.1, 0.15) is 0 Å². The fraction of sp³-hybridized carbons (Fsp3) is 0.257. The van der Waals surface area contributed by atoms with Gasteiger partial charge in [0.2, 0.25) is 0 Å². The molecule has 3 heterocycles. The molecule has 2 aliphatic rings. The van der Waals surface area contributed by atoms with Gasteiger partial charge < -0.3 is 22.1 Å². The third-order valence-electron chi connectivity index (χ3n) is 7.75. The van der Waals surface area contributed by atoms with Gasteiger partial charge in [-0.15, -0.1) is 0 Å². The Morgan fingerprint density at radius 1 is 0.581 bits per heavy atom. The Kier molecular flexibility index (Phi) is 9.39. The molecular formula is C35H40N8. The van der Waals surface area contributed by atoms with Crippen LogP contribution in [-0.4, -0.2) is 33.0 Å². The van der Waals surface area contributed by atoms with E-state index >= 15 is 0 Å². The van der Waals surface area contributed by atoms with Crippen molar-refractivity contribution in [2.24, 2.45) is 11.5 Å². The minimum Gasteiger partial charge on any atom is -0.385 e. The number of fused-ring (bicyclic) bond motifs is 11. The van der Waals surface area contributed by atoms with Gasteiger partial charge in [0, 0.05) is 70.8 Å². The van der Waals surface area contributed by atoms with Crippen molar-refractivity contribution in [2.45, 2.75) is 46.2 Å². The first-order valence-electron chi connectivity index (χ1n) is 14.7. The number of nitrogens with one attached hydrogen (secondary N) is 2. The number of aromatic nitrogens is 4. The van der Waals surface area contributed by atoms with Crippen LogP contribution in [0.25, 0.3) is 11.0 Å². The molecule has 0 amide bonds. The van der Waals surface area contributed by atoms with Crippen molar-refractivity contribution < 1.29 is 0 Å². The van der Waals surface area contributed by atoms with E-state index in [1.54, 1.807) is 12.4 Å². The van der Waals surface area contributed by atoms with Crippen molar-refractivity contribution in [3.05, 3.63) is 130 Å². The summed E-state index contributed by atoms with van der Waals surface area (Å²) >= 11 is 0. The fourth-order valence-corrected chi connectivity index (χ4v) is 5.56. The number of nitrogens with two attached hydrogens (primary N) is 2. The van der Waals surface area contributed by atoms with E-state index < -0.39 is 12.1 Å². The van der Waals surface area contributed by atoms with Gasteiger partial charge in [0.25, 0.3) is 0 Å². The summed E-state index contributed by atoms with van der Waals surface area (Å²) in [7, 11) is 0. The highest BCUT2D eigenvalue weighted by atomic mass is 14.9. The third kappa shape index (κ3) is 7.05. The molecule has 4 aromatic rings. The number of hydrogen-bond donors (Lipinski definition) is 4. The van der Waals surface area contributed by atoms with Gasteiger partial charge in [-0.05, 0) is 81.6 Å². The molecule has 43 heavy (non-hydrogen) atoms. The molecule has 1 aromatic heterocycles. The molecule has 8 heteroatoms. The molecule has 0 fully saturated rings. The van der Waals surface area contributed by atoms with Crippen LogP contribution in [0.5, 0.6) is 0 Å². The lowest BCUT2D eigenvalue weighted by Gasteiger charge is -2.17. The first-order valence-corrected chi connectivity index (χ1v) is 14.7. The standard InChI is InChI=1S/C35H40N8/c1-22-32-24(3)42-30-14-5-6-15-31(30)43-25(4)33(23(2)39-19-18-38-22)35(37)27-11-8-13-29(21-27)41-17-9-16-40-28-12-7-10-26(20-28)34(32)36/h5-8,10-15,18-21,34-35,40-41H,9,16-17,36-37H2,1-4H3. The van der Waals surface area contributed by atoms with Gasteiger partial charge in [-0.2, -0.15) is 0 Å². The summed E-state index contributed by atoms with van der Waals surface area (Å²) in [4.78, 5) is 19.7. The van der Waals surface area contributed by atoms with Gasteiger partial charge in [-0.1, -0.05) is 36.4 Å². The second-order valence-corrected chi connectivity index (χ2v) is 10.9. The lowest BCUT2D eigenvalue weighted by molar-refractivity contribution is 0.830. The Balaban J connectivity index is 1.86. The van der Waals surface area contributed by atoms with Crippen LogP contribution in [0.15, 0.2) is 85.2 Å². The number of para-hydroxylation sites is 2. The lowest BCUT2D eigenvalue weighted by Crippen LogP contribution is -2.16. The molecule has 220 valence electrons. The molecule has 0 radical (unpaired) electrons. The molecule has 2 atom stereocenters. The van der Waals surface area contributed by atoms with E-state index in [1.807, 2.05) is 76.2 Å². The van der Waals surface area contributed by atoms with E-state index in [0.29, 0.717) is 0 Å². The summed E-state index contributed by atoms with van der Waals surface area (Å²) in [6.45, 7) is 9.50. The zero-order valence-electron chi connectivity index (χ0n) is 25.3. The van der Waals surface area contributed by atoms with Gasteiger partial charge in [-0.3, -0.25) is 19.9 Å². The summed E-state index contributed by atoms with van der Waals surface area (Å²) in [6, 6.07) is 23.5. The number of nitrogens with zero attached hydrogens (tertiary/aromatic N) is 4. The van der Waals surface area contributed by atoms with Gasteiger partial charge in [0.15, 0.2) is 0 Å². The van der Waals surface area contributed by atoms with Crippen molar-refractivity contribution in [1.82, 2.24) is 19.9 Å². The van der Waals surface area contributed by atoms with E-state index in [1.165, 1.54) is 0 Å². The highest BCUT2D eigenvalue weighted by Gasteiger charge is 2.17. The van der Waals surface area contributed by atoms with Crippen LogP contribution in [0.2, 0.25) is 0 Å². The van der Waals surface area contributed by atoms with Crippen LogP contribution in [0.4, 0.5) is 11.4 Å². The van der Waals surface area contributed by atoms with Crippen LogP contribution in [0, 0.1) is 27.7 Å². The van der Waals surface area contributed by atoms with Crippen LogP contribution in [0.1, 0.15) is 63.5 Å². The molecule has 8 nitrogen and oxygen atoms in total. The van der Waals surface area contributed by atoms with Crippen LogP contribution in [-0.2, 0) is 0 Å². The fourth-order valence-electron chi connectivity index (χ4n) is 5.56. The van der Waals surface area contributed by atoms with E-state index in [4.69, 9.17) is 31.4 Å². The van der Waals surface area contributed by atoms with E-state index in [9.17, 15) is 0 Å². The molecular weight excluding hydrogens is 532 g/mol. The van der Waals surface area contributed by atoms with Gasteiger partial charge in [0.05, 0.1) is 23.1 Å². The molecule has 6 N–H and O–H groups in total. The topological polar surface area (TPSA) is 128 Å². The van der Waals surface area contributed by atoms with E-state index in [0.717, 1.165) is 86.9 Å². The molecule has 6 rings (SSSR count). The summed E-state index contributed by atoms with van der Waals surface area (Å²) in [5.74, 6) is 0. The van der Waals surface area contributed by atoms with Gasteiger partial charge >= 0.3 is 0 Å². The number of benzene rings is 3. The van der Waals surface area contributed by atoms with Gasteiger partial charge in [-0.25, -0.2) is 0 Å². The van der Waals surface area contributed by atoms with Crippen molar-refractivity contribution in [1.29, 1.82) is 0 Å². The zero-order chi connectivity index (χ0) is 30.3. The average molecular weight is 573 g/mol. The Hall–Kier alpha value is -4.66. The number of anilines is 2. The first kappa shape index (κ1) is 29.8. The predicted molar refractivity (Wildman–Crippen MR) is 176 cm³/mol. The minimum atomic E-state index is -0.446. The molecule has 6 bridgehead atoms. The molecule has 3 aromatic carbocycles. The minimum absolute atomic E-state index is 0.446. The predicted octanol–water partition coefficient (Wildman–Crippen LogP) is 6.23. The monoisotopic (exact) mass is 572 g/mol. The quantitative estimate of drug-likeness (QED) is 0.195. The lowest BCUT2D eigenvalue weighted by atomic mass is 9.97. The second-order valence-electron chi connectivity index (χ2n) is 10.9. The second kappa shape index (κ2) is 13.5. The third-order valence-corrected chi connectivity index (χ3v) is 7.75.